The van der Waals surface area contributed by atoms with Gasteiger partial charge in [0.05, 0.1) is 0 Å². The van der Waals surface area contributed by atoms with Gasteiger partial charge < -0.3 is 5.32 Å². The van der Waals surface area contributed by atoms with Crippen LogP contribution < -0.4 is 5.32 Å². The van der Waals surface area contributed by atoms with Gasteiger partial charge in [0, 0.05) is 17.6 Å². The van der Waals surface area contributed by atoms with Crippen molar-refractivity contribution < 1.29 is 0 Å². The van der Waals surface area contributed by atoms with Gasteiger partial charge in [-0.2, -0.15) is 0 Å². The molecule has 0 saturated heterocycles. The van der Waals surface area contributed by atoms with E-state index >= 15 is 0 Å². The van der Waals surface area contributed by atoms with Crippen molar-refractivity contribution in [2.24, 2.45) is 0 Å². The Labute approximate surface area is 119 Å². The molecule has 0 amide bonds. The number of aromatic nitrogens is 1. The molecule has 0 aliphatic heterocycles. The van der Waals surface area contributed by atoms with Crippen molar-refractivity contribution in [3.8, 4) is 0 Å². The SMILES string of the molecule is CNCc1ccc(Sc2ccc(C(C)C)cc2)nc1. The van der Waals surface area contributed by atoms with Crippen LogP contribution in [0.25, 0.3) is 0 Å². The first-order chi connectivity index (χ1) is 9.19. The molecule has 0 atom stereocenters. The topological polar surface area (TPSA) is 24.9 Å². The third-order valence-electron chi connectivity index (χ3n) is 2.95. The predicted octanol–water partition coefficient (Wildman–Crippen LogP) is 4.08. The Hall–Kier alpha value is -1.32. The number of nitrogens with one attached hydrogen (secondary N) is 1. The summed E-state index contributed by atoms with van der Waals surface area (Å²) < 4.78 is 0. The zero-order valence-corrected chi connectivity index (χ0v) is 12.5. The summed E-state index contributed by atoms with van der Waals surface area (Å²) in [5, 5.41) is 4.16. The maximum absolute atomic E-state index is 4.47. The standard InChI is InChI=1S/C16H20N2S/c1-12(2)14-5-7-15(8-6-14)19-16-9-4-13(10-17-3)11-18-16/h4-9,11-12,17H,10H2,1-3H3. The van der Waals surface area contributed by atoms with Gasteiger partial charge in [-0.25, -0.2) is 4.98 Å². The average Bonchev–Trinajstić information content (AvgIpc) is 2.42. The van der Waals surface area contributed by atoms with Crippen LogP contribution in [0.2, 0.25) is 0 Å². The van der Waals surface area contributed by atoms with Crippen LogP contribution in [0.1, 0.15) is 30.9 Å². The van der Waals surface area contributed by atoms with Crippen LogP contribution in [-0.4, -0.2) is 12.0 Å². The Morgan fingerprint density at radius 1 is 1.11 bits per heavy atom. The van der Waals surface area contributed by atoms with E-state index in [9.17, 15) is 0 Å². The molecule has 100 valence electrons. The summed E-state index contributed by atoms with van der Waals surface area (Å²) in [6, 6.07) is 12.9. The van der Waals surface area contributed by atoms with E-state index in [1.165, 1.54) is 16.0 Å². The molecule has 2 nitrogen and oxygen atoms in total. The van der Waals surface area contributed by atoms with Crippen LogP contribution in [0.3, 0.4) is 0 Å². The van der Waals surface area contributed by atoms with Crippen LogP contribution in [0.15, 0.2) is 52.5 Å². The molecular formula is C16H20N2S. The van der Waals surface area contributed by atoms with Crippen LogP contribution >= 0.6 is 11.8 Å². The summed E-state index contributed by atoms with van der Waals surface area (Å²) >= 11 is 1.70. The summed E-state index contributed by atoms with van der Waals surface area (Å²) in [5.41, 5.74) is 2.59. The minimum atomic E-state index is 0.581. The molecule has 1 aromatic carbocycles. The van der Waals surface area contributed by atoms with Crippen molar-refractivity contribution in [2.45, 2.75) is 36.2 Å². The Balaban J connectivity index is 2.04. The minimum Gasteiger partial charge on any atom is -0.316 e. The van der Waals surface area contributed by atoms with Gasteiger partial charge in [-0.05, 0) is 42.3 Å². The number of hydrogen-bond acceptors (Lipinski definition) is 3. The van der Waals surface area contributed by atoms with Crippen LogP contribution in [0.5, 0.6) is 0 Å². The van der Waals surface area contributed by atoms with Gasteiger partial charge in [-0.15, -0.1) is 0 Å². The van der Waals surface area contributed by atoms with Gasteiger partial charge in [-0.1, -0.05) is 43.8 Å². The van der Waals surface area contributed by atoms with E-state index in [-0.39, 0.29) is 0 Å². The highest BCUT2D eigenvalue weighted by molar-refractivity contribution is 7.99. The second-order valence-corrected chi connectivity index (χ2v) is 5.95. The third kappa shape index (κ3) is 4.08. The maximum Gasteiger partial charge on any atom is 0.101 e. The zero-order chi connectivity index (χ0) is 13.7. The molecule has 1 N–H and O–H groups in total. The first-order valence-corrected chi connectivity index (χ1v) is 7.38. The van der Waals surface area contributed by atoms with Crippen molar-refractivity contribution in [3.63, 3.8) is 0 Å². The van der Waals surface area contributed by atoms with Gasteiger partial charge in [-0.3, -0.25) is 0 Å². The summed E-state index contributed by atoms with van der Waals surface area (Å²) in [5.74, 6) is 0.581. The summed E-state index contributed by atoms with van der Waals surface area (Å²) in [7, 11) is 1.94. The molecule has 2 aromatic rings. The van der Waals surface area contributed by atoms with Crippen molar-refractivity contribution >= 4 is 11.8 Å². The summed E-state index contributed by atoms with van der Waals surface area (Å²) in [6.45, 7) is 5.29. The number of pyridine rings is 1. The largest absolute Gasteiger partial charge is 0.316 e. The first kappa shape index (κ1) is 14.1. The molecular weight excluding hydrogens is 252 g/mol. The molecule has 0 radical (unpaired) electrons. The number of rotatable bonds is 5. The molecule has 0 fully saturated rings. The Morgan fingerprint density at radius 3 is 2.37 bits per heavy atom. The fourth-order valence-electron chi connectivity index (χ4n) is 1.82. The van der Waals surface area contributed by atoms with Crippen molar-refractivity contribution in [3.05, 3.63) is 53.7 Å². The second kappa shape index (κ2) is 6.73. The van der Waals surface area contributed by atoms with Crippen LogP contribution in [0.4, 0.5) is 0 Å². The van der Waals surface area contributed by atoms with Gasteiger partial charge in [0.1, 0.15) is 5.03 Å². The summed E-state index contributed by atoms with van der Waals surface area (Å²) in [4.78, 5) is 5.71. The molecule has 0 spiro atoms. The predicted molar refractivity (Wildman–Crippen MR) is 81.7 cm³/mol. The van der Waals surface area contributed by atoms with E-state index in [0.29, 0.717) is 5.92 Å². The average molecular weight is 272 g/mol. The molecule has 2 rings (SSSR count). The maximum atomic E-state index is 4.47. The Bertz CT molecular complexity index is 503. The van der Waals surface area contributed by atoms with E-state index in [1.54, 1.807) is 11.8 Å². The minimum absolute atomic E-state index is 0.581. The highest BCUT2D eigenvalue weighted by atomic mass is 32.2. The van der Waals surface area contributed by atoms with Gasteiger partial charge in [0.25, 0.3) is 0 Å². The van der Waals surface area contributed by atoms with Crippen molar-refractivity contribution in [2.75, 3.05) is 7.05 Å². The molecule has 1 aromatic heterocycles. The van der Waals surface area contributed by atoms with Crippen molar-refractivity contribution in [1.82, 2.24) is 10.3 Å². The second-order valence-electron chi connectivity index (χ2n) is 4.86. The van der Waals surface area contributed by atoms with E-state index in [1.807, 2.05) is 13.2 Å². The van der Waals surface area contributed by atoms with Crippen molar-refractivity contribution in [1.29, 1.82) is 0 Å². The molecule has 0 saturated carbocycles. The highest BCUT2D eigenvalue weighted by Crippen LogP contribution is 2.27. The van der Waals surface area contributed by atoms with Gasteiger partial charge in [0.2, 0.25) is 0 Å². The lowest BCUT2D eigenvalue weighted by atomic mass is 10.0. The van der Waals surface area contributed by atoms with Crippen LogP contribution in [0, 0.1) is 0 Å². The lowest BCUT2D eigenvalue weighted by Gasteiger charge is -2.07. The molecule has 0 aliphatic carbocycles. The fraction of sp³-hybridized carbons (Fsp3) is 0.312. The molecule has 19 heavy (non-hydrogen) atoms. The van der Waals surface area contributed by atoms with E-state index < -0.39 is 0 Å². The Morgan fingerprint density at radius 2 is 1.84 bits per heavy atom. The fourth-order valence-corrected chi connectivity index (χ4v) is 2.58. The normalized spacial score (nSPS) is 10.9. The zero-order valence-electron chi connectivity index (χ0n) is 11.7. The van der Waals surface area contributed by atoms with E-state index in [4.69, 9.17) is 0 Å². The van der Waals surface area contributed by atoms with E-state index in [0.717, 1.165) is 11.6 Å². The van der Waals surface area contributed by atoms with Crippen LogP contribution in [-0.2, 0) is 6.54 Å². The Kier molecular flexibility index (Phi) is 5.00. The molecule has 0 bridgehead atoms. The lowest BCUT2D eigenvalue weighted by molar-refractivity contribution is 0.809. The quantitative estimate of drug-likeness (QED) is 0.888. The van der Waals surface area contributed by atoms with Gasteiger partial charge >= 0.3 is 0 Å². The molecule has 0 aliphatic rings. The molecule has 0 unspecified atom stereocenters. The first-order valence-electron chi connectivity index (χ1n) is 6.56. The van der Waals surface area contributed by atoms with E-state index in [2.05, 4.69) is 60.5 Å². The number of benzene rings is 1. The highest BCUT2D eigenvalue weighted by Gasteiger charge is 2.02. The smallest absolute Gasteiger partial charge is 0.101 e. The number of nitrogens with zero attached hydrogens (tertiary/aromatic N) is 1. The molecule has 1 heterocycles. The number of hydrogen-bond donors (Lipinski definition) is 1. The molecule has 3 heteroatoms. The monoisotopic (exact) mass is 272 g/mol. The third-order valence-corrected chi connectivity index (χ3v) is 3.91. The summed E-state index contributed by atoms with van der Waals surface area (Å²) in [6.07, 6.45) is 1.93. The lowest BCUT2D eigenvalue weighted by Crippen LogP contribution is -2.04. The van der Waals surface area contributed by atoms with Gasteiger partial charge in [0.15, 0.2) is 0 Å².